The summed E-state index contributed by atoms with van der Waals surface area (Å²) < 4.78 is 0. The maximum atomic E-state index is 12.5. The van der Waals surface area contributed by atoms with Crippen LogP contribution in [0.4, 0.5) is 0 Å². The first-order valence-electron chi connectivity index (χ1n) is 10.2. The Morgan fingerprint density at radius 2 is 2.14 bits per heavy atom. The van der Waals surface area contributed by atoms with Gasteiger partial charge in [0.25, 0.3) is 0 Å². The zero-order valence-electron chi connectivity index (χ0n) is 16.5. The predicted octanol–water partition coefficient (Wildman–Crippen LogP) is 3.87. The van der Waals surface area contributed by atoms with Gasteiger partial charge in [-0.25, -0.2) is 4.98 Å². The van der Waals surface area contributed by atoms with E-state index >= 15 is 0 Å². The third kappa shape index (κ3) is 2.81. The van der Waals surface area contributed by atoms with Crippen LogP contribution in [0, 0.1) is 6.92 Å². The number of H-pyrrole nitrogens is 1. The monoisotopic (exact) mass is 374 g/mol. The Hall–Kier alpha value is -2.66. The van der Waals surface area contributed by atoms with E-state index in [0.717, 1.165) is 48.2 Å². The molecule has 2 aromatic heterocycles. The number of hydrogen-bond acceptors (Lipinski definition) is 3. The molecule has 3 aromatic rings. The van der Waals surface area contributed by atoms with Crippen LogP contribution in [0.5, 0.6) is 0 Å². The molecule has 1 amide bonds. The topological polar surface area (TPSA) is 61.0 Å². The average Bonchev–Trinajstić information content (AvgIpc) is 3.37. The van der Waals surface area contributed by atoms with Crippen molar-refractivity contribution in [3.8, 4) is 11.1 Å². The molecule has 1 atom stereocenters. The molecule has 0 unspecified atom stereocenters. The Balaban J connectivity index is 1.66. The molecule has 5 nitrogen and oxygen atoms in total. The van der Waals surface area contributed by atoms with E-state index in [4.69, 9.17) is 0 Å². The SMILES string of the molecule is CCN1Cc2c(cc(-c3cnc4[nH]cc(C)c4c3)cc2[C@@H]2CCCN2)CC1=O. The molecular weight excluding hydrogens is 348 g/mol. The highest BCUT2D eigenvalue weighted by Crippen LogP contribution is 2.36. The summed E-state index contributed by atoms with van der Waals surface area (Å²) in [5, 5.41) is 4.81. The second-order valence-corrected chi connectivity index (χ2v) is 8.03. The van der Waals surface area contributed by atoms with Crippen LogP contribution >= 0.6 is 0 Å². The van der Waals surface area contributed by atoms with Crippen LogP contribution in [0.2, 0.25) is 0 Å². The van der Waals surface area contributed by atoms with Crippen molar-refractivity contribution in [2.45, 2.75) is 45.7 Å². The summed E-state index contributed by atoms with van der Waals surface area (Å²) in [6.45, 7) is 6.72. The first-order chi connectivity index (χ1) is 13.6. The molecule has 0 aliphatic carbocycles. The van der Waals surface area contributed by atoms with Crippen LogP contribution < -0.4 is 5.32 Å². The van der Waals surface area contributed by atoms with Gasteiger partial charge >= 0.3 is 0 Å². The lowest BCUT2D eigenvalue weighted by molar-refractivity contribution is -0.131. The van der Waals surface area contributed by atoms with Crippen molar-refractivity contribution in [2.24, 2.45) is 0 Å². The number of aryl methyl sites for hydroxylation is 1. The highest BCUT2D eigenvalue weighted by Gasteiger charge is 2.28. The van der Waals surface area contributed by atoms with Crippen molar-refractivity contribution in [1.29, 1.82) is 0 Å². The van der Waals surface area contributed by atoms with Crippen LogP contribution in [0.3, 0.4) is 0 Å². The molecule has 0 radical (unpaired) electrons. The van der Waals surface area contributed by atoms with Crippen molar-refractivity contribution in [3.63, 3.8) is 0 Å². The van der Waals surface area contributed by atoms with Gasteiger partial charge in [-0.05, 0) is 73.2 Å². The molecular formula is C23H26N4O. The van der Waals surface area contributed by atoms with Gasteiger partial charge < -0.3 is 15.2 Å². The summed E-state index contributed by atoms with van der Waals surface area (Å²) in [5.74, 6) is 0.229. The van der Waals surface area contributed by atoms with Crippen LogP contribution in [0.1, 0.15) is 48.1 Å². The number of rotatable bonds is 3. The number of benzene rings is 1. The van der Waals surface area contributed by atoms with Crippen molar-refractivity contribution >= 4 is 16.9 Å². The lowest BCUT2D eigenvalue weighted by Crippen LogP contribution is -2.37. The van der Waals surface area contributed by atoms with Crippen molar-refractivity contribution in [2.75, 3.05) is 13.1 Å². The first kappa shape index (κ1) is 17.4. The maximum absolute atomic E-state index is 12.5. The summed E-state index contributed by atoms with van der Waals surface area (Å²) in [6, 6.07) is 7.14. The maximum Gasteiger partial charge on any atom is 0.227 e. The number of nitrogens with one attached hydrogen (secondary N) is 2. The van der Waals surface area contributed by atoms with E-state index < -0.39 is 0 Å². The van der Waals surface area contributed by atoms with E-state index in [-0.39, 0.29) is 5.91 Å². The molecule has 144 valence electrons. The standard InChI is InChI=1S/C23H26N4O/c1-3-27-13-20-16(10-22(27)28)7-15(8-19(20)21-5-4-6-24-21)17-9-18-14(2)11-25-23(18)26-12-17/h7-9,11-12,21,24H,3-6,10,13H2,1-2H3,(H,25,26)/t21-/m0/s1. The number of aromatic nitrogens is 2. The summed E-state index contributed by atoms with van der Waals surface area (Å²) in [4.78, 5) is 22.3. The zero-order chi connectivity index (χ0) is 19.3. The van der Waals surface area contributed by atoms with Crippen LogP contribution in [0.15, 0.2) is 30.6 Å². The van der Waals surface area contributed by atoms with Crippen molar-refractivity contribution < 1.29 is 4.79 Å². The molecule has 0 bridgehead atoms. The molecule has 5 heteroatoms. The number of amides is 1. The van der Waals surface area contributed by atoms with Gasteiger partial charge in [0.1, 0.15) is 5.65 Å². The molecule has 2 aliphatic heterocycles. The quantitative estimate of drug-likeness (QED) is 0.732. The normalized spacial score (nSPS) is 19.4. The highest BCUT2D eigenvalue weighted by molar-refractivity contribution is 5.86. The minimum atomic E-state index is 0.229. The molecule has 5 rings (SSSR count). The third-order valence-corrected chi connectivity index (χ3v) is 6.31. The van der Waals surface area contributed by atoms with Gasteiger partial charge in [-0.3, -0.25) is 4.79 Å². The van der Waals surface area contributed by atoms with Gasteiger partial charge in [0, 0.05) is 42.5 Å². The van der Waals surface area contributed by atoms with Gasteiger partial charge in [-0.1, -0.05) is 6.07 Å². The minimum absolute atomic E-state index is 0.229. The van der Waals surface area contributed by atoms with Gasteiger partial charge in [0.2, 0.25) is 5.91 Å². The molecule has 0 spiro atoms. The lowest BCUT2D eigenvalue weighted by atomic mass is 9.87. The first-order valence-corrected chi connectivity index (χ1v) is 10.2. The molecule has 2 N–H and O–H groups in total. The van der Waals surface area contributed by atoms with E-state index in [1.165, 1.54) is 28.7 Å². The lowest BCUT2D eigenvalue weighted by Gasteiger charge is -2.31. The van der Waals surface area contributed by atoms with E-state index in [2.05, 4.69) is 47.3 Å². The Morgan fingerprint density at radius 1 is 1.25 bits per heavy atom. The van der Waals surface area contributed by atoms with Gasteiger partial charge in [-0.15, -0.1) is 0 Å². The number of nitrogens with zero attached hydrogens (tertiary/aromatic N) is 2. The number of likely N-dealkylation sites (N-methyl/N-ethyl adjacent to an activating group) is 1. The molecule has 28 heavy (non-hydrogen) atoms. The molecule has 1 fully saturated rings. The largest absolute Gasteiger partial charge is 0.346 e. The second kappa shape index (κ2) is 6.74. The fourth-order valence-electron chi connectivity index (χ4n) is 4.67. The summed E-state index contributed by atoms with van der Waals surface area (Å²) in [7, 11) is 0. The minimum Gasteiger partial charge on any atom is -0.346 e. The van der Waals surface area contributed by atoms with Gasteiger partial charge in [0.15, 0.2) is 0 Å². The fraction of sp³-hybridized carbons (Fsp3) is 0.391. The van der Waals surface area contributed by atoms with Gasteiger partial charge in [-0.2, -0.15) is 0 Å². The molecule has 4 heterocycles. The molecule has 1 saturated heterocycles. The molecule has 0 saturated carbocycles. The van der Waals surface area contributed by atoms with Crippen LogP contribution in [0.25, 0.3) is 22.2 Å². The predicted molar refractivity (Wildman–Crippen MR) is 111 cm³/mol. The Bertz CT molecular complexity index is 1060. The van der Waals surface area contributed by atoms with Crippen molar-refractivity contribution in [1.82, 2.24) is 20.2 Å². The number of pyridine rings is 1. The second-order valence-electron chi connectivity index (χ2n) is 8.03. The average molecular weight is 374 g/mol. The Kier molecular flexibility index (Phi) is 4.20. The van der Waals surface area contributed by atoms with Crippen LogP contribution in [-0.4, -0.2) is 33.9 Å². The van der Waals surface area contributed by atoms with E-state index in [1.807, 2.05) is 17.3 Å². The Morgan fingerprint density at radius 3 is 2.93 bits per heavy atom. The number of carbonyl (C=O) groups is 1. The van der Waals surface area contributed by atoms with E-state index in [0.29, 0.717) is 12.5 Å². The zero-order valence-corrected chi connectivity index (χ0v) is 16.5. The number of aromatic amines is 1. The number of carbonyl (C=O) groups excluding carboxylic acids is 1. The summed E-state index contributed by atoms with van der Waals surface area (Å²) in [6.07, 6.45) is 6.80. The highest BCUT2D eigenvalue weighted by atomic mass is 16.2. The fourth-order valence-corrected chi connectivity index (χ4v) is 4.67. The summed E-state index contributed by atoms with van der Waals surface area (Å²) in [5.41, 5.74) is 8.29. The van der Waals surface area contributed by atoms with Crippen molar-refractivity contribution in [3.05, 3.63) is 52.8 Å². The smallest absolute Gasteiger partial charge is 0.227 e. The van der Waals surface area contributed by atoms with E-state index in [9.17, 15) is 4.79 Å². The number of hydrogen-bond donors (Lipinski definition) is 2. The Labute approximate surface area is 165 Å². The van der Waals surface area contributed by atoms with E-state index in [1.54, 1.807) is 0 Å². The molecule has 1 aromatic carbocycles. The van der Waals surface area contributed by atoms with Gasteiger partial charge in [0.05, 0.1) is 6.42 Å². The molecule has 2 aliphatic rings. The van der Waals surface area contributed by atoms with Crippen LogP contribution in [-0.2, 0) is 17.8 Å². The number of fused-ring (bicyclic) bond motifs is 2. The third-order valence-electron chi connectivity index (χ3n) is 6.31. The summed E-state index contributed by atoms with van der Waals surface area (Å²) >= 11 is 0.